The van der Waals surface area contributed by atoms with Crippen molar-refractivity contribution in [2.24, 2.45) is 4.99 Å². The Bertz CT molecular complexity index is 700. The van der Waals surface area contributed by atoms with Crippen molar-refractivity contribution in [1.82, 2.24) is 15.4 Å². The van der Waals surface area contributed by atoms with Gasteiger partial charge in [0.1, 0.15) is 12.0 Å². The Kier molecular flexibility index (Phi) is 5.15. The van der Waals surface area contributed by atoms with E-state index in [0.29, 0.717) is 6.54 Å². The normalized spacial score (nSPS) is 14.2. The fourth-order valence-corrected chi connectivity index (χ4v) is 2.75. The lowest BCUT2D eigenvalue weighted by atomic mass is 10.2. The summed E-state index contributed by atoms with van der Waals surface area (Å²) in [7, 11) is 3.77. The Morgan fingerprint density at radius 3 is 2.88 bits per heavy atom. The van der Waals surface area contributed by atoms with Crippen LogP contribution in [-0.2, 0) is 13.1 Å². The topological polar surface area (TPSA) is 56.9 Å². The van der Waals surface area contributed by atoms with Gasteiger partial charge in [-0.05, 0) is 17.7 Å². The quantitative estimate of drug-likeness (QED) is 0.519. The molecule has 0 saturated heterocycles. The maximum Gasteiger partial charge on any atom is 0.194 e. The largest absolute Gasteiger partial charge is 0.364 e. The van der Waals surface area contributed by atoms with Crippen molar-refractivity contribution in [3.05, 3.63) is 60.0 Å². The number of hydrogen-bond acceptors (Lipinski definition) is 4. The van der Waals surface area contributed by atoms with E-state index in [1.807, 2.05) is 18.0 Å². The number of guanidine groups is 1. The van der Waals surface area contributed by atoms with Crippen molar-refractivity contribution in [1.29, 1.82) is 0 Å². The number of aromatic nitrogens is 1. The molecule has 6 heteroatoms. The van der Waals surface area contributed by atoms with Crippen molar-refractivity contribution in [3.8, 4) is 0 Å². The molecule has 0 amide bonds. The summed E-state index contributed by atoms with van der Waals surface area (Å²) >= 11 is 0. The predicted octanol–water partition coefficient (Wildman–Crippen LogP) is 2.26. The van der Waals surface area contributed by atoms with Gasteiger partial charge in [-0.1, -0.05) is 29.4 Å². The molecule has 3 rings (SSSR count). The van der Waals surface area contributed by atoms with Crippen LogP contribution in [-0.4, -0.2) is 43.2 Å². The zero-order chi connectivity index (χ0) is 16.8. The predicted molar refractivity (Wildman–Crippen MR) is 96.0 cm³/mol. The summed E-state index contributed by atoms with van der Waals surface area (Å²) in [4.78, 5) is 8.70. The first kappa shape index (κ1) is 16.1. The van der Waals surface area contributed by atoms with Crippen molar-refractivity contribution in [2.45, 2.75) is 13.1 Å². The number of nitrogens with zero attached hydrogens (tertiary/aromatic N) is 4. The molecule has 1 aromatic carbocycles. The van der Waals surface area contributed by atoms with E-state index in [4.69, 9.17) is 4.52 Å². The van der Waals surface area contributed by atoms with E-state index in [1.54, 1.807) is 13.3 Å². The molecule has 0 bridgehead atoms. The fraction of sp³-hybridized carbons (Fsp3) is 0.333. The minimum atomic E-state index is 0.648. The lowest BCUT2D eigenvalue weighted by molar-refractivity contribution is 0.391. The minimum Gasteiger partial charge on any atom is -0.364 e. The standard InChI is InChI=1S/C18H23N5O/c1-19-18(22(2)14-16-8-11-24-21-16)20-13-15-6-5-7-17(12-15)23-9-3-4-10-23/h3-8,11-12H,9-10,13-14H2,1-2H3,(H,19,20). The SMILES string of the molecule is CN=C(NCc1cccc(N2CC=CC2)c1)N(C)Cc1ccon1. The molecule has 1 aliphatic rings. The summed E-state index contributed by atoms with van der Waals surface area (Å²) in [6.07, 6.45) is 5.98. The molecule has 0 spiro atoms. The van der Waals surface area contributed by atoms with Gasteiger partial charge in [-0.3, -0.25) is 4.99 Å². The van der Waals surface area contributed by atoms with Gasteiger partial charge in [-0.25, -0.2) is 0 Å². The molecule has 0 fully saturated rings. The second kappa shape index (κ2) is 7.68. The second-order valence-corrected chi connectivity index (χ2v) is 5.79. The highest BCUT2D eigenvalue weighted by atomic mass is 16.5. The number of anilines is 1. The van der Waals surface area contributed by atoms with Gasteiger partial charge >= 0.3 is 0 Å². The lowest BCUT2D eigenvalue weighted by Crippen LogP contribution is -2.38. The highest BCUT2D eigenvalue weighted by Crippen LogP contribution is 2.18. The van der Waals surface area contributed by atoms with Gasteiger partial charge < -0.3 is 19.6 Å². The molecule has 1 aliphatic heterocycles. The first-order valence-electron chi connectivity index (χ1n) is 8.06. The van der Waals surface area contributed by atoms with Crippen LogP contribution in [0.3, 0.4) is 0 Å². The van der Waals surface area contributed by atoms with Gasteiger partial charge in [-0.2, -0.15) is 0 Å². The van der Waals surface area contributed by atoms with E-state index < -0.39 is 0 Å². The Balaban J connectivity index is 1.58. The summed E-state index contributed by atoms with van der Waals surface area (Å²) < 4.78 is 4.87. The van der Waals surface area contributed by atoms with Crippen LogP contribution >= 0.6 is 0 Å². The monoisotopic (exact) mass is 325 g/mol. The average molecular weight is 325 g/mol. The van der Waals surface area contributed by atoms with Crippen LogP contribution in [0.25, 0.3) is 0 Å². The molecule has 0 aliphatic carbocycles. The molecule has 1 N–H and O–H groups in total. The summed E-state index contributed by atoms with van der Waals surface area (Å²) in [6.45, 7) is 3.35. The molecule has 6 nitrogen and oxygen atoms in total. The molecule has 1 aromatic heterocycles. The molecule has 24 heavy (non-hydrogen) atoms. The van der Waals surface area contributed by atoms with E-state index in [2.05, 4.69) is 56.8 Å². The summed E-state index contributed by atoms with van der Waals surface area (Å²) in [6, 6.07) is 10.5. The van der Waals surface area contributed by atoms with Crippen LogP contribution in [0.1, 0.15) is 11.3 Å². The van der Waals surface area contributed by atoms with E-state index >= 15 is 0 Å². The highest BCUT2D eigenvalue weighted by molar-refractivity contribution is 5.79. The lowest BCUT2D eigenvalue weighted by Gasteiger charge is -2.22. The zero-order valence-corrected chi connectivity index (χ0v) is 14.1. The molecule has 0 unspecified atom stereocenters. The molecular weight excluding hydrogens is 302 g/mol. The summed E-state index contributed by atoms with van der Waals surface area (Å²) in [5.74, 6) is 0.825. The molecule has 2 heterocycles. The first-order chi connectivity index (χ1) is 11.8. The van der Waals surface area contributed by atoms with Gasteiger partial charge in [0.2, 0.25) is 0 Å². The van der Waals surface area contributed by atoms with Gasteiger partial charge in [-0.15, -0.1) is 0 Å². The number of aliphatic imine (C=N–C) groups is 1. The highest BCUT2D eigenvalue weighted by Gasteiger charge is 2.10. The number of rotatable bonds is 5. The van der Waals surface area contributed by atoms with Crippen LogP contribution in [0.2, 0.25) is 0 Å². The maximum absolute atomic E-state index is 4.87. The third-order valence-corrected chi connectivity index (χ3v) is 4.01. The molecule has 126 valence electrons. The number of benzene rings is 1. The van der Waals surface area contributed by atoms with Gasteiger partial charge in [0.05, 0.1) is 6.54 Å². The van der Waals surface area contributed by atoms with Crippen molar-refractivity contribution in [2.75, 3.05) is 32.1 Å². The Labute approximate surface area is 142 Å². The second-order valence-electron chi connectivity index (χ2n) is 5.79. The molecule has 0 saturated carbocycles. The zero-order valence-electron chi connectivity index (χ0n) is 14.1. The average Bonchev–Trinajstić information content (AvgIpc) is 3.29. The smallest absolute Gasteiger partial charge is 0.194 e. The van der Waals surface area contributed by atoms with E-state index in [-0.39, 0.29) is 0 Å². The number of hydrogen-bond donors (Lipinski definition) is 1. The van der Waals surface area contributed by atoms with Gasteiger partial charge in [0, 0.05) is 45.5 Å². The Hall–Kier alpha value is -2.76. The van der Waals surface area contributed by atoms with Gasteiger partial charge in [0.25, 0.3) is 0 Å². The van der Waals surface area contributed by atoms with Crippen LogP contribution in [0.5, 0.6) is 0 Å². The van der Waals surface area contributed by atoms with Crippen LogP contribution < -0.4 is 10.2 Å². The Morgan fingerprint density at radius 2 is 2.17 bits per heavy atom. The number of nitrogens with one attached hydrogen (secondary N) is 1. The van der Waals surface area contributed by atoms with E-state index in [9.17, 15) is 0 Å². The molecule has 2 aromatic rings. The van der Waals surface area contributed by atoms with Crippen LogP contribution in [0.15, 0.2) is 58.3 Å². The third-order valence-electron chi connectivity index (χ3n) is 4.01. The molecule has 0 atom stereocenters. The van der Waals surface area contributed by atoms with Gasteiger partial charge in [0.15, 0.2) is 5.96 Å². The van der Waals surface area contributed by atoms with E-state index in [1.165, 1.54) is 11.3 Å². The Morgan fingerprint density at radius 1 is 1.33 bits per heavy atom. The third kappa shape index (κ3) is 3.95. The molecule has 0 radical (unpaired) electrons. The van der Waals surface area contributed by atoms with Crippen molar-refractivity contribution in [3.63, 3.8) is 0 Å². The summed E-state index contributed by atoms with van der Waals surface area (Å²) in [5.41, 5.74) is 3.37. The fourth-order valence-electron chi connectivity index (χ4n) is 2.75. The van der Waals surface area contributed by atoms with Crippen LogP contribution in [0.4, 0.5) is 5.69 Å². The summed E-state index contributed by atoms with van der Waals surface area (Å²) in [5, 5.41) is 7.34. The minimum absolute atomic E-state index is 0.648. The van der Waals surface area contributed by atoms with Crippen molar-refractivity contribution >= 4 is 11.6 Å². The molecular formula is C18H23N5O. The van der Waals surface area contributed by atoms with Crippen LogP contribution in [0, 0.1) is 0 Å². The first-order valence-corrected chi connectivity index (χ1v) is 8.06. The maximum atomic E-state index is 4.87. The van der Waals surface area contributed by atoms with E-state index in [0.717, 1.165) is 31.3 Å². The van der Waals surface area contributed by atoms with Crippen molar-refractivity contribution < 1.29 is 4.52 Å².